The lowest BCUT2D eigenvalue weighted by Gasteiger charge is -2.10. The van der Waals surface area contributed by atoms with Crippen molar-refractivity contribution in [3.63, 3.8) is 0 Å². The minimum absolute atomic E-state index is 0.00171. The molecular formula is C13H21N3O2. The highest BCUT2D eigenvalue weighted by Crippen LogP contribution is 2.17. The molecule has 0 unspecified atom stereocenters. The van der Waals surface area contributed by atoms with Gasteiger partial charge >= 0.3 is 0 Å². The molecule has 2 N–H and O–H groups in total. The largest absolute Gasteiger partial charge is 0.444 e. The van der Waals surface area contributed by atoms with Gasteiger partial charge in [-0.2, -0.15) is 0 Å². The van der Waals surface area contributed by atoms with Crippen molar-refractivity contribution in [2.75, 3.05) is 6.54 Å². The Labute approximate surface area is 107 Å². The first kappa shape index (κ1) is 13.1. The molecule has 0 atom stereocenters. The molecule has 18 heavy (non-hydrogen) atoms. The number of oxazole rings is 1. The van der Waals surface area contributed by atoms with Gasteiger partial charge in [0, 0.05) is 12.5 Å². The third-order valence-corrected chi connectivity index (χ3v) is 3.29. The van der Waals surface area contributed by atoms with E-state index in [0.29, 0.717) is 25.0 Å². The van der Waals surface area contributed by atoms with Gasteiger partial charge in [0.05, 0.1) is 19.3 Å². The van der Waals surface area contributed by atoms with Gasteiger partial charge in [0.15, 0.2) is 0 Å². The number of hydrogen-bond acceptors (Lipinski definition) is 4. The predicted molar refractivity (Wildman–Crippen MR) is 68.0 cm³/mol. The molecule has 1 amide bonds. The van der Waals surface area contributed by atoms with Crippen molar-refractivity contribution < 1.29 is 9.21 Å². The predicted octanol–water partition coefficient (Wildman–Crippen LogP) is 1.39. The molecule has 1 aromatic rings. The maximum Gasteiger partial charge on any atom is 0.234 e. The highest BCUT2D eigenvalue weighted by atomic mass is 16.4. The van der Waals surface area contributed by atoms with E-state index < -0.39 is 0 Å². The highest BCUT2D eigenvalue weighted by Gasteiger charge is 2.15. The third kappa shape index (κ3) is 3.84. The summed E-state index contributed by atoms with van der Waals surface area (Å²) in [5.41, 5.74) is 0. The Kier molecular flexibility index (Phi) is 4.75. The van der Waals surface area contributed by atoms with Gasteiger partial charge in [-0.25, -0.2) is 4.98 Å². The Morgan fingerprint density at radius 1 is 1.50 bits per heavy atom. The van der Waals surface area contributed by atoms with Crippen molar-refractivity contribution in [3.05, 3.63) is 17.8 Å². The van der Waals surface area contributed by atoms with E-state index in [1.807, 2.05) is 6.92 Å². The van der Waals surface area contributed by atoms with Crippen molar-refractivity contribution >= 4 is 5.91 Å². The van der Waals surface area contributed by atoms with Crippen LogP contribution in [0.4, 0.5) is 0 Å². The Hall–Kier alpha value is -1.36. The van der Waals surface area contributed by atoms with Crippen LogP contribution >= 0.6 is 0 Å². The van der Waals surface area contributed by atoms with Crippen molar-refractivity contribution in [2.24, 2.45) is 0 Å². The van der Waals surface area contributed by atoms with E-state index in [9.17, 15) is 4.79 Å². The Morgan fingerprint density at radius 2 is 2.28 bits per heavy atom. The molecule has 0 spiro atoms. The zero-order valence-corrected chi connectivity index (χ0v) is 10.9. The molecule has 1 aliphatic rings. The van der Waals surface area contributed by atoms with E-state index in [1.165, 1.54) is 25.7 Å². The lowest BCUT2D eigenvalue weighted by molar-refractivity contribution is -0.120. The summed E-state index contributed by atoms with van der Waals surface area (Å²) >= 11 is 0. The van der Waals surface area contributed by atoms with Crippen molar-refractivity contribution in [1.29, 1.82) is 0 Å². The molecule has 1 heterocycles. The number of carbonyl (C=O) groups excluding carboxylic acids is 1. The number of amides is 1. The highest BCUT2D eigenvalue weighted by molar-refractivity contribution is 5.77. The molecule has 0 aliphatic heterocycles. The normalized spacial score (nSPS) is 16.1. The maximum absolute atomic E-state index is 11.6. The molecule has 2 rings (SSSR count). The summed E-state index contributed by atoms with van der Waals surface area (Å²) in [6, 6.07) is 0.518. The van der Waals surface area contributed by atoms with Crippen LogP contribution in [0, 0.1) is 0 Å². The standard InChI is InChI=1S/C13H21N3O2/c1-2-11-7-16-13(18-11)9-15-12(17)8-14-10-5-3-4-6-10/h7,10,14H,2-6,8-9H2,1H3,(H,15,17). The molecule has 1 aromatic heterocycles. The number of carbonyl (C=O) groups is 1. The van der Waals surface area contributed by atoms with Crippen molar-refractivity contribution in [1.82, 2.24) is 15.6 Å². The first-order valence-electron chi connectivity index (χ1n) is 6.71. The van der Waals surface area contributed by atoms with Gasteiger partial charge in [0.2, 0.25) is 11.8 Å². The molecule has 5 heteroatoms. The molecule has 1 fully saturated rings. The molecule has 0 aromatic carbocycles. The molecule has 0 bridgehead atoms. The van der Waals surface area contributed by atoms with Crippen molar-refractivity contribution in [2.45, 2.75) is 51.6 Å². The maximum atomic E-state index is 11.6. The number of nitrogens with zero attached hydrogens (tertiary/aromatic N) is 1. The van der Waals surface area contributed by atoms with Gasteiger partial charge in [0.25, 0.3) is 0 Å². The zero-order valence-electron chi connectivity index (χ0n) is 10.9. The average molecular weight is 251 g/mol. The van der Waals surface area contributed by atoms with E-state index in [1.54, 1.807) is 6.20 Å². The van der Waals surface area contributed by atoms with Gasteiger partial charge in [-0.1, -0.05) is 19.8 Å². The smallest absolute Gasteiger partial charge is 0.234 e. The number of nitrogens with one attached hydrogen (secondary N) is 2. The number of aromatic nitrogens is 1. The van der Waals surface area contributed by atoms with Crippen LogP contribution in [0.5, 0.6) is 0 Å². The summed E-state index contributed by atoms with van der Waals surface area (Å²) in [5, 5.41) is 6.07. The number of rotatable bonds is 6. The van der Waals surface area contributed by atoms with Crippen LogP contribution in [-0.2, 0) is 17.8 Å². The van der Waals surface area contributed by atoms with E-state index in [-0.39, 0.29) is 5.91 Å². The summed E-state index contributed by atoms with van der Waals surface area (Å²) < 4.78 is 5.41. The van der Waals surface area contributed by atoms with Crippen LogP contribution in [0.25, 0.3) is 0 Å². The third-order valence-electron chi connectivity index (χ3n) is 3.29. The monoisotopic (exact) mass is 251 g/mol. The molecule has 5 nitrogen and oxygen atoms in total. The molecular weight excluding hydrogens is 230 g/mol. The van der Waals surface area contributed by atoms with E-state index in [2.05, 4.69) is 15.6 Å². The van der Waals surface area contributed by atoms with Gasteiger partial charge in [-0.05, 0) is 12.8 Å². The van der Waals surface area contributed by atoms with E-state index in [0.717, 1.165) is 12.2 Å². The van der Waals surface area contributed by atoms with Crippen LogP contribution < -0.4 is 10.6 Å². The fraction of sp³-hybridized carbons (Fsp3) is 0.692. The first-order valence-corrected chi connectivity index (χ1v) is 6.71. The minimum atomic E-state index is -0.00171. The van der Waals surface area contributed by atoms with Crippen LogP contribution in [0.15, 0.2) is 10.6 Å². The zero-order chi connectivity index (χ0) is 12.8. The quantitative estimate of drug-likeness (QED) is 0.801. The van der Waals surface area contributed by atoms with Gasteiger partial charge in [-0.15, -0.1) is 0 Å². The van der Waals surface area contributed by atoms with Gasteiger partial charge in [0.1, 0.15) is 5.76 Å². The summed E-state index contributed by atoms with van der Waals surface area (Å²) in [7, 11) is 0. The topological polar surface area (TPSA) is 67.2 Å². The number of aryl methyl sites for hydroxylation is 1. The summed E-state index contributed by atoms with van der Waals surface area (Å²) in [6.07, 6.45) is 7.45. The first-order chi connectivity index (χ1) is 8.78. The number of hydrogen-bond donors (Lipinski definition) is 2. The lowest BCUT2D eigenvalue weighted by Crippen LogP contribution is -2.37. The summed E-state index contributed by atoms with van der Waals surface area (Å²) in [6.45, 7) is 2.76. The fourth-order valence-electron chi connectivity index (χ4n) is 2.20. The van der Waals surface area contributed by atoms with Gasteiger partial charge in [-0.3, -0.25) is 4.79 Å². The van der Waals surface area contributed by atoms with Crippen molar-refractivity contribution in [3.8, 4) is 0 Å². The Balaban J connectivity index is 1.64. The second-order valence-corrected chi connectivity index (χ2v) is 4.71. The summed E-state index contributed by atoms with van der Waals surface area (Å²) in [4.78, 5) is 15.7. The SMILES string of the molecule is CCc1cnc(CNC(=O)CNC2CCCC2)o1. The molecule has 0 radical (unpaired) electrons. The minimum Gasteiger partial charge on any atom is -0.444 e. The molecule has 0 saturated heterocycles. The van der Waals surface area contributed by atoms with Crippen LogP contribution in [0.2, 0.25) is 0 Å². The molecule has 1 aliphatic carbocycles. The summed E-state index contributed by atoms with van der Waals surface area (Å²) in [5.74, 6) is 1.42. The fourth-order valence-corrected chi connectivity index (χ4v) is 2.20. The molecule has 100 valence electrons. The van der Waals surface area contributed by atoms with E-state index >= 15 is 0 Å². The second kappa shape index (κ2) is 6.54. The second-order valence-electron chi connectivity index (χ2n) is 4.71. The molecule has 1 saturated carbocycles. The Bertz CT molecular complexity index is 383. The average Bonchev–Trinajstić information content (AvgIpc) is 3.04. The van der Waals surface area contributed by atoms with E-state index in [4.69, 9.17) is 4.42 Å². The lowest BCUT2D eigenvalue weighted by atomic mass is 10.2. The van der Waals surface area contributed by atoms with Crippen LogP contribution in [0.1, 0.15) is 44.3 Å². The van der Waals surface area contributed by atoms with Crippen LogP contribution in [-0.4, -0.2) is 23.5 Å². The Morgan fingerprint density at radius 3 is 2.94 bits per heavy atom. The van der Waals surface area contributed by atoms with Gasteiger partial charge < -0.3 is 15.1 Å². The van der Waals surface area contributed by atoms with Crippen LogP contribution in [0.3, 0.4) is 0 Å².